The summed E-state index contributed by atoms with van der Waals surface area (Å²) in [4.78, 5) is 17.1. The molecule has 0 unspecified atom stereocenters. The first-order valence-corrected chi connectivity index (χ1v) is 11.7. The Kier molecular flexibility index (Phi) is 9.60. The molecule has 1 fully saturated rings. The molecule has 0 atom stereocenters. The second-order valence-corrected chi connectivity index (χ2v) is 8.67. The number of nitrogens with zero attached hydrogens (tertiary/aromatic N) is 1. The molecule has 0 aliphatic heterocycles. The van der Waals surface area contributed by atoms with Gasteiger partial charge in [-0.3, -0.25) is 4.79 Å². The minimum absolute atomic E-state index is 0. The molecule has 8 heteroatoms. The van der Waals surface area contributed by atoms with Crippen LogP contribution in [0, 0.1) is 5.82 Å². The van der Waals surface area contributed by atoms with Crippen LogP contribution in [0.15, 0.2) is 60.8 Å². The minimum Gasteiger partial charge on any atom is -0.438 e. The predicted molar refractivity (Wildman–Crippen MR) is 136 cm³/mol. The molecule has 0 spiro atoms. The monoisotopic (exact) mass is 499 g/mol. The zero-order valence-corrected chi connectivity index (χ0v) is 20.3. The number of aliphatic hydroxyl groups excluding tert-OH is 1. The fourth-order valence-corrected chi connectivity index (χ4v) is 4.36. The van der Waals surface area contributed by atoms with Gasteiger partial charge in [0, 0.05) is 24.3 Å². The molecule has 1 aliphatic carbocycles. The second kappa shape index (κ2) is 12.6. The molecular formula is C27H31ClFN3O3. The van der Waals surface area contributed by atoms with Crippen molar-refractivity contribution in [3.63, 3.8) is 0 Å². The van der Waals surface area contributed by atoms with E-state index in [9.17, 15) is 14.3 Å². The lowest BCUT2D eigenvalue weighted by molar-refractivity contribution is 0.0922. The number of ether oxygens (including phenoxy) is 1. The zero-order valence-electron chi connectivity index (χ0n) is 19.5. The fourth-order valence-electron chi connectivity index (χ4n) is 4.36. The molecule has 6 nitrogen and oxygen atoms in total. The number of aliphatic hydroxyl groups is 1. The summed E-state index contributed by atoms with van der Waals surface area (Å²) in [6.45, 7) is 0.0378. The van der Waals surface area contributed by atoms with E-state index in [1.54, 1.807) is 6.07 Å². The maximum Gasteiger partial charge on any atom is 0.257 e. The molecule has 1 aromatic heterocycles. The third-order valence-electron chi connectivity index (χ3n) is 6.18. The van der Waals surface area contributed by atoms with Crippen LogP contribution >= 0.6 is 12.4 Å². The lowest BCUT2D eigenvalue weighted by Gasteiger charge is -2.27. The highest BCUT2D eigenvalue weighted by Gasteiger charge is 2.24. The summed E-state index contributed by atoms with van der Waals surface area (Å²) in [6.07, 6.45) is 5.43. The van der Waals surface area contributed by atoms with Crippen LogP contribution < -0.4 is 15.8 Å². The fraction of sp³-hybridized carbons (Fsp3) is 0.333. The number of halogens is 2. The van der Waals surface area contributed by atoms with Crippen molar-refractivity contribution in [2.24, 2.45) is 5.73 Å². The molecule has 0 saturated heterocycles. The number of nitrogens with two attached hydrogens (primary N) is 1. The first-order valence-electron chi connectivity index (χ1n) is 11.7. The Hall–Kier alpha value is -3.00. The van der Waals surface area contributed by atoms with Crippen molar-refractivity contribution in [1.82, 2.24) is 10.3 Å². The lowest BCUT2D eigenvalue weighted by atomic mass is 9.91. The largest absolute Gasteiger partial charge is 0.438 e. The van der Waals surface area contributed by atoms with Crippen LogP contribution in [-0.2, 0) is 6.42 Å². The Morgan fingerprint density at radius 2 is 1.86 bits per heavy atom. The quantitative estimate of drug-likeness (QED) is 0.404. The van der Waals surface area contributed by atoms with Crippen molar-refractivity contribution >= 4 is 18.3 Å². The average molecular weight is 500 g/mol. The summed E-state index contributed by atoms with van der Waals surface area (Å²) in [5.41, 5.74) is 8.89. The van der Waals surface area contributed by atoms with E-state index in [4.69, 9.17) is 10.5 Å². The highest BCUT2D eigenvalue weighted by molar-refractivity contribution is 5.96. The molecule has 3 aromatic rings. The van der Waals surface area contributed by atoms with Gasteiger partial charge in [0.25, 0.3) is 5.91 Å². The van der Waals surface area contributed by atoms with Gasteiger partial charge in [0.1, 0.15) is 17.1 Å². The number of pyridine rings is 1. The number of carbonyl (C=O) groups excluding carboxylic acids is 1. The first-order chi connectivity index (χ1) is 16.5. The van der Waals surface area contributed by atoms with Crippen LogP contribution in [0.4, 0.5) is 4.39 Å². The first kappa shape index (κ1) is 26.6. The van der Waals surface area contributed by atoms with Gasteiger partial charge in [-0.1, -0.05) is 42.5 Å². The van der Waals surface area contributed by atoms with Gasteiger partial charge in [-0.05, 0) is 61.8 Å². The Morgan fingerprint density at radius 1 is 1.11 bits per heavy atom. The molecule has 1 aliphatic rings. The molecule has 1 heterocycles. The lowest BCUT2D eigenvalue weighted by Crippen LogP contribution is -2.40. The Balaban J connectivity index is 0.00000342. The summed E-state index contributed by atoms with van der Waals surface area (Å²) < 4.78 is 20.2. The number of hydrogen-bond acceptors (Lipinski definition) is 5. The molecule has 35 heavy (non-hydrogen) atoms. The van der Waals surface area contributed by atoms with Gasteiger partial charge in [-0.25, -0.2) is 9.37 Å². The van der Waals surface area contributed by atoms with Gasteiger partial charge >= 0.3 is 0 Å². The van der Waals surface area contributed by atoms with E-state index in [-0.39, 0.29) is 42.5 Å². The molecule has 0 bridgehead atoms. The van der Waals surface area contributed by atoms with Crippen LogP contribution in [0.2, 0.25) is 0 Å². The van der Waals surface area contributed by atoms with Gasteiger partial charge in [-0.15, -0.1) is 12.4 Å². The molecule has 1 saturated carbocycles. The van der Waals surface area contributed by atoms with E-state index in [1.807, 2.05) is 42.5 Å². The Bertz CT molecular complexity index is 1120. The smallest absolute Gasteiger partial charge is 0.257 e. The van der Waals surface area contributed by atoms with Crippen LogP contribution in [0.5, 0.6) is 11.6 Å². The number of benzene rings is 2. The molecule has 1 amide bonds. The van der Waals surface area contributed by atoms with Crippen molar-refractivity contribution in [2.75, 3.05) is 6.61 Å². The molecule has 2 aromatic carbocycles. The van der Waals surface area contributed by atoms with E-state index < -0.39 is 11.7 Å². The third-order valence-corrected chi connectivity index (χ3v) is 6.18. The second-order valence-electron chi connectivity index (χ2n) is 8.67. The summed E-state index contributed by atoms with van der Waals surface area (Å²) >= 11 is 0. The number of aromatic nitrogens is 1. The van der Waals surface area contributed by atoms with Gasteiger partial charge < -0.3 is 20.9 Å². The number of rotatable bonds is 8. The number of carbonyl (C=O) groups is 1. The number of amides is 1. The van der Waals surface area contributed by atoms with E-state index in [0.717, 1.165) is 54.6 Å². The van der Waals surface area contributed by atoms with Crippen LogP contribution in [0.1, 0.15) is 48.0 Å². The van der Waals surface area contributed by atoms with Gasteiger partial charge in [0.15, 0.2) is 0 Å². The van der Waals surface area contributed by atoms with Crippen LogP contribution in [0.25, 0.3) is 11.1 Å². The molecular weight excluding hydrogens is 469 g/mol. The van der Waals surface area contributed by atoms with Crippen molar-refractivity contribution in [1.29, 1.82) is 0 Å². The van der Waals surface area contributed by atoms with Gasteiger partial charge in [-0.2, -0.15) is 0 Å². The van der Waals surface area contributed by atoms with Crippen molar-refractivity contribution < 1.29 is 19.0 Å². The van der Waals surface area contributed by atoms with Crippen molar-refractivity contribution in [3.8, 4) is 22.8 Å². The highest BCUT2D eigenvalue weighted by atomic mass is 35.5. The maximum absolute atomic E-state index is 14.1. The normalized spacial score (nSPS) is 17.3. The summed E-state index contributed by atoms with van der Waals surface area (Å²) in [5.74, 6) is -0.464. The predicted octanol–water partition coefficient (Wildman–Crippen LogP) is 5.03. The van der Waals surface area contributed by atoms with Crippen molar-refractivity contribution in [2.45, 2.75) is 50.6 Å². The van der Waals surface area contributed by atoms with E-state index >= 15 is 0 Å². The number of hydrogen-bond donors (Lipinski definition) is 3. The molecule has 0 radical (unpaired) electrons. The zero-order chi connectivity index (χ0) is 23.9. The van der Waals surface area contributed by atoms with E-state index in [2.05, 4.69) is 10.3 Å². The summed E-state index contributed by atoms with van der Waals surface area (Å²) in [5, 5.41) is 12.4. The minimum atomic E-state index is -0.610. The third kappa shape index (κ3) is 6.78. The Labute approximate surface area is 211 Å². The van der Waals surface area contributed by atoms with Crippen LogP contribution in [0.3, 0.4) is 0 Å². The van der Waals surface area contributed by atoms with E-state index in [0.29, 0.717) is 18.6 Å². The maximum atomic E-state index is 14.1. The highest BCUT2D eigenvalue weighted by Crippen LogP contribution is 2.35. The van der Waals surface area contributed by atoms with E-state index in [1.165, 1.54) is 0 Å². The molecule has 186 valence electrons. The number of nitrogens with one attached hydrogen (secondary N) is 1. The molecule has 4 N–H and O–H groups in total. The topological polar surface area (TPSA) is 97.5 Å². The molecule has 4 rings (SSSR count). The summed E-state index contributed by atoms with van der Waals surface area (Å²) in [7, 11) is 0. The summed E-state index contributed by atoms with van der Waals surface area (Å²) in [6, 6.07) is 16.9. The average Bonchev–Trinajstić information content (AvgIpc) is 2.86. The Morgan fingerprint density at radius 3 is 2.57 bits per heavy atom. The van der Waals surface area contributed by atoms with Crippen LogP contribution in [-0.4, -0.2) is 34.7 Å². The SMILES string of the molecule is Cl.NC1CCC(NC(=O)c2cc(F)cnc2Oc2cccc(-c3ccccc3)c2CCCO)CC1. The van der Waals surface area contributed by atoms with Gasteiger partial charge in [0.2, 0.25) is 5.88 Å². The van der Waals surface area contributed by atoms with Crippen molar-refractivity contribution in [3.05, 3.63) is 77.7 Å². The van der Waals surface area contributed by atoms with Gasteiger partial charge in [0.05, 0.1) is 6.20 Å². The standard InChI is InChI=1S/C27H30FN3O3.ClH/c28-19-16-24(26(33)31-21-13-11-20(29)12-14-21)27(30-17-19)34-25-10-4-8-22(23(25)9-5-15-32)18-6-2-1-3-7-18;/h1-4,6-8,10,16-17,20-21,32H,5,9,11-15,29H2,(H,31,33);1H.